The van der Waals surface area contributed by atoms with Gasteiger partial charge >= 0.3 is 6.09 Å². The van der Waals surface area contributed by atoms with E-state index in [1.165, 1.54) is 11.1 Å². The van der Waals surface area contributed by atoms with Gasteiger partial charge in [0.2, 0.25) is 0 Å². The summed E-state index contributed by atoms with van der Waals surface area (Å²) in [5.74, 6) is 0.401. The molecule has 0 atom stereocenters. The highest BCUT2D eigenvalue weighted by Crippen LogP contribution is 2.22. The van der Waals surface area contributed by atoms with E-state index < -0.39 is 0 Å². The molecule has 2 aromatic carbocycles. The van der Waals surface area contributed by atoms with Crippen molar-refractivity contribution in [2.45, 2.75) is 33.2 Å². The molecule has 2 aromatic rings. The van der Waals surface area contributed by atoms with E-state index >= 15 is 0 Å². The lowest BCUT2D eigenvalue weighted by molar-refractivity contribution is 0.181. The van der Waals surface area contributed by atoms with Gasteiger partial charge in [0.25, 0.3) is 0 Å². The second-order valence-electron chi connectivity index (χ2n) is 6.42. The minimum atomic E-state index is -0.296. The van der Waals surface area contributed by atoms with Crippen LogP contribution in [-0.4, -0.2) is 25.2 Å². The molecule has 1 aliphatic heterocycles. The third-order valence-electron chi connectivity index (χ3n) is 4.69. The van der Waals surface area contributed by atoms with Crippen LogP contribution in [0.15, 0.2) is 47.5 Å². The third-order valence-corrected chi connectivity index (χ3v) is 4.69. The molecule has 6 nitrogen and oxygen atoms in total. The number of guanidine groups is 1. The Bertz CT molecular complexity index is 808. The minimum Gasteiger partial charge on any atom is -0.447 e. The molecule has 142 valence electrons. The van der Waals surface area contributed by atoms with Crippen LogP contribution < -0.4 is 16.0 Å². The Kier molecular flexibility index (Phi) is 5.96. The first kappa shape index (κ1) is 18.8. The van der Waals surface area contributed by atoms with Gasteiger partial charge in [-0.2, -0.15) is 0 Å². The number of ether oxygens (including phenoxy) is 1. The van der Waals surface area contributed by atoms with Crippen LogP contribution in [0.2, 0.25) is 0 Å². The van der Waals surface area contributed by atoms with Gasteiger partial charge in [-0.15, -0.1) is 0 Å². The maximum absolute atomic E-state index is 11.6. The summed E-state index contributed by atoms with van der Waals surface area (Å²) in [6.45, 7) is 5.76. The van der Waals surface area contributed by atoms with E-state index in [0.717, 1.165) is 29.8 Å². The molecule has 1 heterocycles. The molecule has 0 aliphatic carbocycles. The quantitative estimate of drug-likeness (QED) is 0.603. The summed E-state index contributed by atoms with van der Waals surface area (Å²) >= 11 is 0. The number of benzene rings is 2. The van der Waals surface area contributed by atoms with Crippen LogP contribution in [0.25, 0.3) is 0 Å². The first-order valence-corrected chi connectivity index (χ1v) is 9.33. The molecule has 0 spiro atoms. The van der Waals surface area contributed by atoms with Crippen LogP contribution in [-0.2, 0) is 24.1 Å². The van der Waals surface area contributed by atoms with Crippen molar-refractivity contribution < 1.29 is 9.53 Å². The normalized spacial score (nSPS) is 14.4. The zero-order chi connectivity index (χ0) is 19.2. The van der Waals surface area contributed by atoms with Gasteiger partial charge in [-0.3, -0.25) is 4.90 Å². The van der Waals surface area contributed by atoms with Crippen molar-refractivity contribution in [3.63, 3.8) is 0 Å². The number of carbonyl (C=O) groups is 1. The second kappa shape index (κ2) is 8.58. The number of hydrogen-bond acceptors (Lipinski definition) is 3. The van der Waals surface area contributed by atoms with Crippen LogP contribution in [0, 0.1) is 0 Å². The van der Waals surface area contributed by atoms with Crippen molar-refractivity contribution in [2.24, 2.45) is 10.7 Å². The number of para-hydroxylation sites is 1. The fraction of sp³-hybridized carbons (Fsp3) is 0.333. The Labute approximate surface area is 160 Å². The summed E-state index contributed by atoms with van der Waals surface area (Å²) in [5.41, 5.74) is 11.5. The maximum atomic E-state index is 11.6. The van der Waals surface area contributed by atoms with Gasteiger partial charge in [0.15, 0.2) is 5.96 Å². The molecular formula is C21H26N4O2. The van der Waals surface area contributed by atoms with Gasteiger partial charge in [0, 0.05) is 11.4 Å². The number of amides is 1. The summed E-state index contributed by atoms with van der Waals surface area (Å²) in [6.07, 6.45) is 1.57. The minimum absolute atomic E-state index is 0.296. The number of hydrogen-bond donors (Lipinski definition) is 2. The van der Waals surface area contributed by atoms with Crippen molar-refractivity contribution in [3.05, 3.63) is 59.2 Å². The number of nitrogens with zero attached hydrogens (tertiary/aromatic N) is 2. The van der Waals surface area contributed by atoms with Crippen LogP contribution >= 0.6 is 0 Å². The van der Waals surface area contributed by atoms with Gasteiger partial charge in [-0.25, -0.2) is 9.79 Å². The molecule has 0 bridgehead atoms. The molecule has 27 heavy (non-hydrogen) atoms. The van der Waals surface area contributed by atoms with Crippen LogP contribution in [0.5, 0.6) is 0 Å². The number of nitrogens with one attached hydrogen (secondary N) is 1. The van der Waals surface area contributed by atoms with Crippen molar-refractivity contribution in [2.75, 3.05) is 23.4 Å². The lowest BCUT2D eigenvalue weighted by atomic mass is 10.0. The standard InChI is InChI=1S/C21H26N4O2/c1-3-16-6-5-7-17(4-2)19(16)24-20(22)23-14-15-8-10-18(11-9-15)25-12-13-27-21(25)26/h5-11H,3-4,12-14H2,1-2H3,(H3,22,23,24). The molecule has 0 unspecified atom stereocenters. The lowest BCUT2D eigenvalue weighted by Gasteiger charge is -2.15. The zero-order valence-electron chi connectivity index (χ0n) is 15.9. The number of aliphatic imine (C=N–C) groups is 1. The predicted octanol–water partition coefficient (Wildman–Crippen LogP) is 3.69. The molecule has 1 aliphatic rings. The smallest absolute Gasteiger partial charge is 0.414 e. The molecule has 3 rings (SSSR count). The van der Waals surface area contributed by atoms with E-state index in [1.807, 2.05) is 24.3 Å². The Morgan fingerprint density at radius 3 is 2.37 bits per heavy atom. The number of rotatable bonds is 6. The monoisotopic (exact) mass is 366 g/mol. The van der Waals surface area contributed by atoms with E-state index in [0.29, 0.717) is 25.7 Å². The first-order chi connectivity index (χ1) is 13.1. The van der Waals surface area contributed by atoms with Gasteiger partial charge in [0.05, 0.1) is 13.1 Å². The van der Waals surface area contributed by atoms with Gasteiger partial charge in [-0.1, -0.05) is 44.2 Å². The number of carbonyl (C=O) groups excluding carboxylic acids is 1. The van der Waals surface area contributed by atoms with Crippen LogP contribution in [0.3, 0.4) is 0 Å². The molecular weight excluding hydrogens is 340 g/mol. The summed E-state index contributed by atoms with van der Waals surface area (Å²) in [7, 11) is 0. The fourth-order valence-electron chi connectivity index (χ4n) is 3.16. The highest BCUT2D eigenvalue weighted by molar-refractivity contribution is 5.94. The molecule has 0 aromatic heterocycles. The highest BCUT2D eigenvalue weighted by Gasteiger charge is 2.23. The average Bonchev–Trinajstić information content (AvgIpc) is 3.13. The predicted molar refractivity (Wildman–Crippen MR) is 109 cm³/mol. The Balaban J connectivity index is 1.67. The molecule has 0 radical (unpaired) electrons. The topological polar surface area (TPSA) is 79.9 Å². The third kappa shape index (κ3) is 4.39. The van der Waals surface area contributed by atoms with E-state index in [2.05, 4.69) is 42.4 Å². The maximum Gasteiger partial charge on any atom is 0.414 e. The molecule has 3 N–H and O–H groups in total. The largest absolute Gasteiger partial charge is 0.447 e. The van der Waals surface area contributed by atoms with Gasteiger partial charge < -0.3 is 15.8 Å². The molecule has 1 amide bonds. The Morgan fingerprint density at radius 2 is 1.81 bits per heavy atom. The summed E-state index contributed by atoms with van der Waals surface area (Å²) in [4.78, 5) is 17.7. The Hall–Kier alpha value is -3.02. The summed E-state index contributed by atoms with van der Waals surface area (Å²) < 4.78 is 4.96. The Morgan fingerprint density at radius 1 is 1.15 bits per heavy atom. The van der Waals surface area contributed by atoms with Crippen molar-refractivity contribution in [3.8, 4) is 0 Å². The molecule has 6 heteroatoms. The summed E-state index contributed by atoms with van der Waals surface area (Å²) in [6, 6.07) is 14.0. The molecule has 1 saturated heterocycles. The number of anilines is 2. The van der Waals surface area contributed by atoms with Crippen molar-refractivity contribution in [1.29, 1.82) is 0 Å². The van der Waals surface area contributed by atoms with Crippen LogP contribution in [0.4, 0.5) is 16.2 Å². The first-order valence-electron chi connectivity index (χ1n) is 9.33. The number of cyclic esters (lactones) is 1. The summed E-state index contributed by atoms with van der Waals surface area (Å²) in [5, 5.41) is 3.27. The average molecular weight is 366 g/mol. The van der Waals surface area contributed by atoms with Crippen molar-refractivity contribution in [1.82, 2.24) is 0 Å². The SMILES string of the molecule is CCc1cccc(CC)c1NC(N)=NCc1ccc(N2CCOC2=O)cc1. The van der Waals surface area contributed by atoms with Gasteiger partial charge in [0.1, 0.15) is 6.61 Å². The molecule has 1 fully saturated rings. The number of nitrogens with two attached hydrogens (primary N) is 1. The van der Waals surface area contributed by atoms with E-state index in [9.17, 15) is 4.79 Å². The van der Waals surface area contributed by atoms with E-state index in [4.69, 9.17) is 10.5 Å². The van der Waals surface area contributed by atoms with E-state index in [-0.39, 0.29) is 6.09 Å². The van der Waals surface area contributed by atoms with Crippen molar-refractivity contribution >= 4 is 23.4 Å². The zero-order valence-corrected chi connectivity index (χ0v) is 15.9. The molecule has 0 saturated carbocycles. The van der Waals surface area contributed by atoms with E-state index in [1.54, 1.807) is 4.90 Å². The van der Waals surface area contributed by atoms with Gasteiger partial charge in [-0.05, 0) is 41.7 Å². The second-order valence-corrected chi connectivity index (χ2v) is 6.42. The highest BCUT2D eigenvalue weighted by atomic mass is 16.6. The number of aryl methyl sites for hydroxylation is 2. The lowest BCUT2D eigenvalue weighted by Crippen LogP contribution is -2.24. The fourth-order valence-corrected chi connectivity index (χ4v) is 3.16. The van der Waals surface area contributed by atoms with Crippen LogP contribution in [0.1, 0.15) is 30.5 Å².